The topological polar surface area (TPSA) is 69.6 Å². The van der Waals surface area contributed by atoms with Crippen LogP contribution in [0.4, 0.5) is 0 Å². The van der Waals surface area contributed by atoms with Crippen molar-refractivity contribution in [1.29, 1.82) is 0 Å². The van der Waals surface area contributed by atoms with E-state index in [1.165, 1.54) is 0 Å². The molecular formula is C6H11NO3. The zero-order valence-corrected chi connectivity index (χ0v) is 5.58. The molecule has 4 heteroatoms. The first-order valence-electron chi connectivity index (χ1n) is 3.31. The third kappa shape index (κ3) is 1.97. The zero-order valence-electron chi connectivity index (χ0n) is 5.58. The molecule has 0 bridgehead atoms. The Morgan fingerprint density at radius 3 is 2.80 bits per heavy atom. The van der Waals surface area contributed by atoms with Crippen LogP contribution in [-0.4, -0.2) is 34.9 Å². The van der Waals surface area contributed by atoms with Crippen LogP contribution >= 0.6 is 0 Å². The molecule has 2 atom stereocenters. The summed E-state index contributed by atoms with van der Waals surface area (Å²) in [5.41, 5.74) is 0. The fraction of sp³-hybridized carbons (Fsp3) is 0.833. The van der Waals surface area contributed by atoms with Gasteiger partial charge in [-0.1, -0.05) is 0 Å². The van der Waals surface area contributed by atoms with Crippen LogP contribution in [0.2, 0.25) is 0 Å². The minimum absolute atomic E-state index is 0.0347. The van der Waals surface area contributed by atoms with Crippen molar-refractivity contribution in [3.8, 4) is 0 Å². The third-order valence-electron chi connectivity index (χ3n) is 1.62. The van der Waals surface area contributed by atoms with Crippen LogP contribution in [0.5, 0.6) is 0 Å². The number of carboxylic acid groups (broad SMARTS) is 1. The molecule has 4 nitrogen and oxygen atoms in total. The molecule has 1 saturated heterocycles. The average molecular weight is 145 g/mol. The van der Waals surface area contributed by atoms with Gasteiger partial charge < -0.3 is 15.5 Å². The number of hydrogen-bond acceptors (Lipinski definition) is 3. The molecule has 0 spiro atoms. The van der Waals surface area contributed by atoms with Gasteiger partial charge in [-0.3, -0.25) is 4.79 Å². The van der Waals surface area contributed by atoms with E-state index in [0.717, 1.165) is 0 Å². The Hall–Kier alpha value is -0.610. The van der Waals surface area contributed by atoms with E-state index in [0.29, 0.717) is 13.0 Å². The van der Waals surface area contributed by atoms with Gasteiger partial charge in [0.1, 0.15) is 0 Å². The van der Waals surface area contributed by atoms with Gasteiger partial charge in [0.25, 0.3) is 0 Å². The van der Waals surface area contributed by atoms with Crippen molar-refractivity contribution in [3.05, 3.63) is 0 Å². The summed E-state index contributed by atoms with van der Waals surface area (Å²) in [5, 5.41) is 20.2. The van der Waals surface area contributed by atoms with Crippen molar-refractivity contribution < 1.29 is 15.0 Å². The molecule has 58 valence electrons. The summed E-state index contributed by atoms with van der Waals surface area (Å²) in [4.78, 5) is 10.1. The number of rotatable bonds is 2. The molecule has 1 aliphatic rings. The highest BCUT2D eigenvalue weighted by atomic mass is 16.4. The van der Waals surface area contributed by atoms with Crippen molar-refractivity contribution in [3.63, 3.8) is 0 Å². The smallest absolute Gasteiger partial charge is 0.304 e. The molecule has 0 radical (unpaired) electrons. The van der Waals surface area contributed by atoms with Crippen LogP contribution in [-0.2, 0) is 4.79 Å². The lowest BCUT2D eigenvalue weighted by molar-refractivity contribution is -0.137. The molecule has 1 aliphatic heterocycles. The lowest BCUT2D eigenvalue weighted by Crippen LogP contribution is -2.24. The van der Waals surface area contributed by atoms with Gasteiger partial charge in [-0.15, -0.1) is 0 Å². The molecule has 0 aromatic heterocycles. The summed E-state index contributed by atoms with van der Waals surface area (Å²) < 4.78 is 0. The normalized spacial score (nSPS) is 32.5. The zero-order chi connectivity index (χ0) is 7.56. The second kappa shape index (κ2) is 2.98. The van der Waals surface area contributed by atoms with Gasteiger partial charge in [0.2, 0.25) is 0 Å². The SMILES string of the molecule is O=C(O)CC1CC(O)CN1. The maximum atomic E-state index is 10.1. The van der Waals surface area contributed by atoms with E-state index in [1.54, 1.807) is 0 Å². The van der Waals surface area contributed by atoms with Crippen molar-refractivity contribution in [2.75, 3.05) is 6.54 Å². The van der Waals surface area contributed by atoms with Gasteiger partial charge in [-0.05, 0) is 6.42 Å². The number of nitrogens with one attached hydrogen (secondary N) is 1. The van der Waals surface area contributed by atoms with Crippen LogP contribution in [0.25, 0.3) is 0 Å². The minimum Gasteiger partial charge on any atom is -0.481 e. The standard InChI is InChI=1S/C6H11NO3/c8-5-1-4(7-3-5)2-6(9)10/h4-5,7-8H,1-3H2,(H,9,10). The van der Waals surface area contributed by atoms with E-state index in [-0.39, 0.29) is 18.6 Å². The maximum absolute atomic E-state index is 10.1. The molecule has 0 aromatic carbocycles. The highest BCUT2D eigenvalue weighted by molar-refractivity contribution is 5.67. The van der Waals surface area contributed by atoms with Crippen LogP contribution in [0.15, 0.2) is 0 Å². The second-order valence-electron chi connectivity index (χ2n) is 2.59. The summed E-state index contributed by atoms with van der Waals surface area (Å²) in [6, 6.07) is -0.0347. The van der Waals surface area contributed by atoms with Crippen LogP contribution in [0, 0.1) is 0 Å². The molecular weight excluding hydrogens is 134 g/mol. The van der Waals surface area contributed by atoms with E-state index < -0.39 is 5.97 Å². The highest BCUT2D eigenvalue weighted by Crippen LogP contribution is 2.08. The molecule has 1 heterocycles. The monoisotopic (exact) mass is 145 g/mol. The molecule has 0 saturated carbocycles. The van der Waals surface area contributed by atoms with Crippen LogP contribution < -0.4 is 5.32 Å². The Kier molecular flexibility index (Phi) is 2.24. The first kappa shape index (κ1) is 7.50. The summed E-state index contributed by atoms with van der Waals surface area (Å²) in [5.74, 6) is -0.813. The number of aliphatic hydroxyl groups excluding tert-OH is 1. The van der Waals surface area contributed by atoms with E-state index in [9.17, 15) is 4.79 Å². The van der Waals surface area contributed by atoms with Crippen molar-refractivity contribution in [1.82, 2.24) is 5.32 Å². The van der Waals surface area contributed by atoms with Gasteiger partial charge in [0.15, 0.2) is 0 Å². The summed E-state index contributed by atoms with van der Waals surface area (Å²) in [6.07, 6.45) is 0.313. The molecule has 1 rings (SSSR count). The number of aliphatic carboxylic acids is 1. The first-order chi connectivity index (χ1) is 4.68. The molecule has 0 amide bonds. The van der Waals surface area contributed by atoms with Gasteiger partial charge in [-0.25, -0.2) is 0 Å². The lowest BCUT2D eigenvalue weighted by Gasteiger charge is -2.03. The fourth-order valence-electron chi connectivity index (χ4n) is 1.16. The van der Waals surface area contributed by atoms with Crippen molar-refractivity contribution in [2.45, 2.75) is 25.0 Å². The number of β-amino-alcohol motifs (C(OH)–C–C–N with tert-alkyl or cyclic N) is 1. The predicted octanol–water partition coefficient (Wildman–Crippen LogP) is -0.816. The minimum atomic E-state index is -0.813. The maximum Gasteiger partial charge on any atom is 0.304 e. The Morgan fingerprint density at radius 2 is 2.40 bits per heavy atom. The van der Waals surface area contributed by atoms with E-state index in [4.69, 9.17) is 10.2 Å². The van der Waals surface area contributed by atoms with Gasteiger partial charge >= 0.3 is 5.97 Å². The summed E-state index contributed by atoms with van der Waals surface area (Å²) in [6.45, 7) is 0.526. The Balaban J connectivity index is 2.24. The largest absolute Gasteiger partial charge is 0.481 e. The number of hydrogen-bond donors (Lipinski definition) is 3. The van der Waals surface area contributed by atoms with E-state index in [2.05, 4.69) is 5.32 Å². The molecule has 10 heavy (non-hydrogen) atoms. The highest BCUT2D eigenvalue weighted by Gasteiger charge is 2.23. The number of carbonyl (C=O) groups is 1. The molecule has 1 fully saturated rings. The van der Waals surface area contributed by atoms with E-state index in [1.807, 2.05) is 0 Å². The predicted molar refractivity (Wildman–Crippen MR) is 34.7 cm³/mol. The van der Waals surface area contributed by atoms with Gasteiger partial charge in [0.05, 0.1) is 12.5 Å². The molecule has 0 aliphatic carbocycles. The number of aliphatic hydroxyl groups is 1. The second-order valence-corrected chi connectivity index (χ2v) is 2.59. The fourth-order valence-corrected chi connectivity index (χ4v) is 1.16. The van der Waals surface area contributed by atoms with Gasteiger partial charge in [0, 0.05) is 12.6 Å². The quantitative estimate of drug-likeness (QED) is 0.475. The average Bonchev–Trinajstić information content (AvgIpc) is 2.13. The molecule has 2 unspecified atom stereocenters. The number of carboxylic acids is 1. The Bertz CT molecular complexity index is 137. The molecule has 3 N–H and O–H groups in total. The summed E-state index contributed by atoms with van der Waals surface area (Å²) >= 11 is 0. The molecule has 0 aromatic rings. The van der Waals surface area contributed by atoms with Crippen LogP contribution in [0.3, 0.4) is 0 Å². The van der Waals surface area contributed by atoms with Crippen molar-refractivity contribution in [2.24, 2.45) is 0 Å². The third-order valence-corrected chi connectivity index (χ3v) is 1.62. The van der Waals surface area contributed by atoms with Gasteiger partial charge in [-0.2, -0.15) is 0 Å². The summed E-state index contributed by atoms with van der Waals surface area (Å²) in [7, 11) is 0. The Morgan fingerprint density at radius 1 is 1.70 bits per heavy atom. The van der Waals surface area contributed by atoms with E-state index >= 15 is 0 Å². The van der Waals surface area contributed by atoms with Crippen LogP contribution in [0.1, 0.15) is 12.8 Å². The first-order valence-corrected chi connectivity index (χ1v) is 3.31. The Labute approximate surface area is 58.9 Å². The lowest BCUT2D eigenvalue weighted by atomic mass is 10.1. The van der Waals surface area contributed by atoms with Crippen molar-refractivity contribution >= 4 is 5.97 Å².